The fraction of sp³-hybridized carbons (Fsp3) is 0.562. The van der Waals surface area contributed by atoms with E-state index in [9.17, 15) is 0 Å². The SMILES string of the molecule is N#CCC(c1ccccc1)N1CCN(C2CC2)CC1. The monoisotopic (exact) mass is 255 g/mol. The zero-order valence-corrected chi connectivity index (χ0v) is 11.3. The Kier molecular flexibility index (Phi) is 3.82. The standard InChI is InChI=1S/C16H21N3/c17-9-8-16(14-4-2-1-3-5-14)19-12-10-18(11-13-19)15-6-7-15/h1-5,15-16H,6-8,10-13H2. The van der Waals surface area contributed by atoms with E-state index in [1.54, 1.807) is 0 Å². The van der Waals surface area contributed by atoms with Crippen molar-refractivity contribution < 1.29 is 0 Å². The lowest BCUT2D eigenvalue weighted by molar-refractivity contribution is 0.0924. The van der Waals surface area contributed by atoms with Crippen LogP contribution in [-0.4, -0.2) is 42.0 Å². The summed E-state index contributed by atoms with van der Waals surface area (Å²) in [7, 11) is 0. The van der Waals surface area contributed by atoms with Crippen molar-refractivity contribution in [3.8, 4) is 6.07 Å². The Morgan fingerprint density at radius 3 is 2.37 bits per heavy atom. The van der Waals surface area contributed by atoms with Gasteiger partial charge in [0.2, 0.25) is 0 Å². The molecule has 1 aliphatic carbocycles. The molecule has 100 valence electrons. The summed E-state index contributed by atoms with van der Waals surface area (Å²) < 4.78 is 0. The number of rotatable bonds is 4. The second-order valence-electron chi connectivity index (χ2n) is 5.59. The van der Waals surface area contributed by atoms with Gasteiger partial charge in [0, 0.05) is 38.3 Å². The third kappa shape index (κ3) is 2.97. The molecular weight excluding hydrogens is 234 g/mol. The first-order valence-electron chi connectivity index (χ1n) is 7.28. The van der Waals surface area contributed by atoms with E-state index in [2.05, 4.69) is 40.1 Å². The van der Waals surface area contributed by atoms with Gasteiger partial charge in [0.05, 0.1) is 12.5 Å². The summed E-state index contributed by atoms with van der Waals surface area (Å²) >= 11 is 0. The highest BCUT2D eigenvalue weighted by atomic mass is 15.3. The van der Waals surface area contributed by atoms with E-state index in [4.69, 9.17) is 5.26 Å². The Morgan fingerprint density at radius 2 is 1.79 bits per heavy atom. The predicted molar refractivity (Wildman–Crippen MR) is 75.6 cm³/mol. The Balaban J connectivity index is 1.66. The maximum Gasteiger partial charge on any atom is 0.0641 e. The molecule has 3 rings (SSSR count). The highest BCUT2D eigenvalue weighted by Gasteiger charge is 2.33. The van der Waals surface area contributed by atoms with Crippen molar-refractivity contribution in [2.75, 3.05) is 26.2 Å². The molecule has 1 aromatic carbocycles. The van der Waals surface area contributed by atoms with E-state index >= 15 is 0 Å². The highest BCUT2D eigenvalue weighted by Crippen LogP contribution is 2.30. The van der Waals surface area contributed by atoms with Gasteiger partial charge in [-0.1, -0.05) is 30.3 Å². The van der Waals surface area contributed by atoms with Crippen LogP contribution in [0.25, 0.3) is 0 Å². The maximum absolute atomic E-state index is 9.09. The molecule has 1 atom stereocenters. The smallest absolute Gasteiger partial charge is 0.0641 e. The third-order valence-electron chi connectivity index (χ3n) is 4.32. The van der Waals surface area contributed by atoms with Crippen molar-refractivity contribution in [2.24, 2.45) is 0 Å². The van der Waals surface area contributed by atoms with Crippen molar-refractivity contribution in [1.82, 2.24) is 9.80 Å². The van der Waals surface area contributed by atoms with Gasteiger partial charge in [0.25, 0.3) is 0 Å². The summed E-state index contributed by atoms with van der Waals surface area (Å²) in [6.45, 7) is 4.52. The van der Waals surface area contributed by atoms with Crippen molar-refractivity contribution in [2.45, 2.75) is 31.3 Å². The summed E-state index contributed by atoms with van der Waals surface area (Å²) in [5, 5.41) is 9.09. The average Bonchev–Trinajstić information content (AvgIpc) is 3.31. The fourth-order valence-corrected chi connectivity index (χ4v) is 3.07. The van der Waals surface area contributed by atoms with Crippen molar-refractivity contribution in [3.05, 3.63) is 35.9 Å². The minimum Gasteiger partial charge on any atom is -0.298 e. The molecule has 0 bridgehead atoms. The van der Waals surface area contributed by atoms with Crippen LogP contribution in [0.2, 0.25) is 0 Å². The lowest BCUT2D eigenvalue weighted by Gasteiger charge is -2.39. The molecule has 0 aromatic heterocycles. The molecule has 19 heavy (non-hydrogen) atoms. The Bertz CT molecular complexity index is 439. The van der Waals surface area contributed by atoms with E-state index in [-0.39, 0.29) is 6.04 Å². The molecule has 1 heterocycles. The number of nitrogens with zero attached hydrogens (tertiary/aromatic N) is 3. The summed E-state index contributed by atoms with van der Waals surface area (Å²) in [6, 6.07) is 14.0. The van der Waals surface area contributed by atoms with E-state index in [1.165, 1.54) is 31.5 Å². The molecule has 3 heteroatoms. The lowest BCUT2D eigenvalue weighted by Crippen LogP contribution is -2.48. The minimum atomic E-state index is 0.271. The number of hydrogen-bond donors (Lipinski definition) is 0. The largest absolute Gasteiger partial charge is 0.298 e. The number of nitriles is 1. The van der Waals surface area contributed by atoms with E-state index < -0.39 is 0 Å². The first-order chi connectivity index (χ1) is 9.38. The van der Waals surface area contributed by atoms with Crippen LogP contribution in [0.1, 0.15) is 30.9 Å². The van der Waals surface area contributed by atoms with Gasteiger partial charge in [0.15, 0.2) is 0 Å². The average molecular weight is 255 g/mol. The van der Waals surface area contributed by atoms with Gasteiger partial charge in [-0.25, -0.2) is 0 Å². The van der Waals surface area contributed by atoms with E-state index in [1.807, 2.05) is 6.07 Å². The zero-order chi connectivity index (χ0) is 13.1. The first-order valence-corrected chi connectivity index (χ1v) is 7.28. The predicted octanol–water partition coefficient (Wildman–Crippen LogP) is 2.42. The molecule has 1 unspecified atom stereocenters. The molecule has 3 nitrogen and oxygen atoms in total. The Labute approximate surface area is 115 Å². The summed E-state index contributed by atoms with van der Waals surface area (Å²) in [4.78, 5) is 5.10. The van der Waals surface area contributed by atoms with Crippen LogP contribution in [0, 0.1) is 11.3 Å². The van der Waals surface area contributed by atoms with Crippen LogP contribution in [0.15, 0.2) is 30.3 Å². The molecule has 2 aliphatic rings. The molecule has 1 saturated heterocycles. The van der Waals surface area contributed by atoms with E-state index in [0.717, 1.165) is 19.1 Å². The van der Waals surface area contributed by atoms with Gasteiger partial charge in [-0.05, 0) is 18.4 Å². The van der Waals surface area contributed by atoms with Crippen LogP contribution in [-0.2, 0) is 0 Å². The normalized spacial score (nSPS) is 22.9. The molecular formula is C16H21N3. The van der Waals surface area contributed by atoms with Crippen molar-refractivity contribution in [1.29, 1.82) is 5.26 Å². The van der Waals surface area contributed by atoms with Crippen LogP contribution in [0.4, 0.5) is 0 Å². The number of hydrogen-bond acceptors (Lipinski definition) is 3. The Hall–Kier alpha value is -1.37. The zero-order valence-electron chi connectivity index (χ0n) is 11.3. The van der Waals surface area contributed by atoms with Gasteiger partial charge in [0.1, 0.15) is 0 Å². The van der Waals surface area contributed by atoms with Gasteiger partial charge in [-0.3, -0.25) is 9.80 Å². The summed E-state index contributed by atoms with van der Waals surface area (Å²) in [5.41, 5.74) is 1.28. The molecule has 1 saturated carbocycles. The molecule has 0 radical (unpaired) electrons. The lowest BCUT2D eigenvalue weighted by atomic mass is 10.0. The quantitative estimate of drug-likeness (QED) is 0.827. The highest BCUT2D eigenvalue weighted by molar-refractivity contribution is 5.20. The van der Waals surface area contributed by atoms with Crippen molar-refractivity contribution in [3.63, 3.8) is 0 Å². The topological polar surface area (TPSA) is 30.3 Å². The molecule has 0 amide bonds. The molecule has 0 spiro atoms. The van der Waals surface area contributed by atoms with Crippen molar-refractivity contribution >= 4 is 0 Å². The summed E-state index contributed by atoms with van der Waals surface area (Å²) in [6.07, 6.45) is 3.37. The van der Waals surface area contributed by atoms with Crippen LogP contribution >= 0.6 is 0 Å². The second kappa shape index (κ2) is 5.73. The van der Waals surface area contributed by atoms with E-state index in [0.29, 0.717) is 6.42 Å². The summed E-state index contributed by atoms with van der Waals surface area (Å²) in [5.74, 6) is 0. The minimum absolute atomic E-state index is 0.271. The second-order valence-corrected chi connectivity index (χ2v) is 5.59. The van der Waals surface area contributed by atoms with Gasteiger partial charge in [-0.2, -0.15) is 5.26 Å². The molecule has 1 aliphatic heterocycles. The number of piperazine rings is 1. The maximum atomic E-state index is 9.09. The third-order valence-corrected chi connectivity index (χ3v) is 4.32. The first kappa shape index (κ1) is 12.7. The van der Waals surface area contributed by atoms with Crippen LogP contribution in [0.5, 0.6) is 0 Å². The fourth-order valence-electron chi connectivity index (χ4n) is 3.07. The molecule has 1 aromatic rings. The number of benzene rings is 1. The molecule has 2 fully saturated rings. The van der Waals surface area contributed by atoms with Crippen LogP contribution < -0.4 is 0 Å². The Morgan fingerprint density at radius 1 is 1.11 bits per heavy atom. The molecule has 0 N–H and O–H groups in total. The van der Waals surface area contributed by atoms with Gasteiger partial charge < -0.3 is 0 Å². The van der Waals surface area contributed by atoms with Gasteiger partial charge >= 0.3 is 0 Å². The van der Waals surface area contributed by atoms with Gasteiger partial charge in [-0.15, -0.1) is 0 Å². The van der Waals surface area contributed by atoms with Crippen LogP contribution in [0.3, 0.4) is 0 Å².